The van der Waals surface area contributed by atoms with Crippen molar-refractivity contribution in [2.75, 3.05) is 12.4 Å². The van der Waals surface area contributed by atoms with E-state index >= 15 is 0 Å². The van der Waals surface area contributed by atoms with Gasteiger partial charge in [0.2, 0.25) is 0 Å². The number of methoxy groups -OCH3 is 1. The third-order valence-electron chi connectivity index (χ3n) is 2.57. The van der Waals surface area contributed by atoms with Crippen LogP contribution < -0.4 is 14.8 Å². The SMILES string of the molecule is COc1ccc(OC(=O)Nc2ccc(C)cc2)cc1. The maximum atomic E-state index is 11.7. The van der Waals surface area contributed by atoms with Crippen molar-refractivity contribution in [3.05, 3.63) is 54.1 Å². The van der Waals surface area contributed by atoms with E-state index in [1.807, 2.05) is 31.2 Å². The molecule has 0 aliphatic rings. The Hall–Kier alpha value is -2.49. The second-order valence-electron chi connectivity index (χ2n) is 4.06. The van der Waals surface area contributed by atoms with Crippen molar-refractivity contribution in [3.63, 3.8) is 0 Å². The highest BCUT2D eigenvalue weighted by molar-refractivity contribution is 5.86. The summed E-state index contributed by atoms with van der Waals surface area (Å²) in [5, 5.41) is 2.65. The highest BCUT2D eigenvalue weighted by Crippen LogP contribution is 2.17. The van der Waals surface area contributed by atoms with Crippen LogP contribution in [0.5, 0.6) is 11.5 Å². The summed E-state index contributed by atoms with van der Waals surface area (Å²) in [4.78, 5) is 11.7. The third-order valence-corrected chi connectivity index (χ3v) is 2.57. The first-order valence-electron chi connectivity index (χ1n) is 5.87. The molecule has 0 heterocycles. The molecule has 0 saturated heterocycles. The number of hydrogen-bond donors (Lipinski definition) is 1. The molecule has 0 radical (unpaired) electrons. The van der Waals surface area contributed by atoms with Crippen LogP contribution in [-0.4, -0.2) is 13.2 Å². The Morgan fingerprint density at radius 1 is 0.947 bits per heavy atom. The number of hydrogen-bond acceptors (Lipinski definition) is 3. The van der Waals surface area contributed by atoms with E-state index in [2.05, 4.69) is 5.32 Å². The zero-order valence-corrected chi connectivity index (χ0v) is 10.8. The monoisotopic (exact) mass is 257 g/mol. The Kier molecular flexibility index (Phi) is 4.03. The first kappa shape index (κ1) is 13.0. The molecule has 98 valence electrons. The van der Waals surface area contributed by atoms with E-state index in [9.17, 15) is 4.79 Å². The number of amides is 1. The number of carbonyl (C=O) groups excluding carboxylic acids is 1. The maximum absolute atomic E-state index is 11.7. The van der Waals surface area contributed by atoms with Crippen molar-refractivity contribution in [1.82, 2.24) is 0 Å². The number of ether oxygens (including phenoxy) is 2. The van der Waals surface area contributed by atoms with E-state index in [1.54, 1.807) is 31.4 Å². The van der Waals surface area contributed by atoms with Gasteiger partial charge in [-0.3, -0.25) is 5.32 Å². The molecule has 0 spiro atoms. The smallest absolute Gasteiger partial charge is 0.417 e. The highest BCUT2D eigenvalue weighted by Gasteiger charge is 2.05. The van der Waals surface area contributed by atoms with Crippen molar-refractivity contribution in [2.45, 2.75) is 6.92 Å². The summed E-state index contributed by atoms with van der Waals surface area (Å²) in [6.45, 7) is 1.99. The van der Waals surface area contributed by atoms with Crippen LogP contribution in [-0.2, 0) is 0 Å². The number of benzene rings is 2. The molecule has 1 N–H and O–H groups in total. The predicted octanol–water partition coefficient (Wildman–Crippen LogP) is 3.61. The van der Waals surface area contributed by atoms with Crippen LogP contribution in [0.2, 0.25) is 0 Å². The molecule has 0 aliphatic heterocycles. The van der Waals surface area contributed by atoms with Gasteiger partial charge >= 0.3 is 6.09 Å². The third kappa shape index (κ3) is 3.74. The number of anilines is 1. The molecular formula is C15H15NO3. The summed E-state index contributed by atoms with van der Waals surface area (Å²) in [5.74, 6) is 1.18. The molecule has 0 unspecified atom stereocenters. The average Bonchev–Trinajstić information content (AvgIpc) is 2.42. The van der Waals surface area contributed by atoms with E-state index in [0.29, 0.717) is 17.2 Å². The number of carbonyl (C=O) groups is 1. The lowest BCUT2D eigenvalue weighted by molar-refractivity contribution is 0.215. The Balaban J connectivity index is 1.95. The van der Waals surface area contributed by atoms with Crippen LogP contribution in [0, 0.1) is 6.92 Å². The van der Waals surface area contributed by atoms with E-state index in [0.717, 1.165) is 5.56 Å². The molecule has 0 bridgehead atoms. The normalized spacial score (nSPS) is 9.79. The van der Waals surface area contributed by atoms with Gasteiger partial charge in [-0.05, 0) is 43.3 Å². The van der Waals surface area contributed by atoms with E-state index < -0.39 is 6.09 Å². The standard InChI is InChI=1S/C15H15NO3/c1-11-3-5-12(6-4-11)16-15(17)19-14-9-7-13(18-2)8-10-14/h3-10H,1-2H3,(H,16,17). The van der Waals surface area contributed by atoms with Crippen LogP contribution >= 0.6 is 0 Å². The van der Waals surface area contributed by atoms with Gasteiger partial charge in [0.15, 0.2) is 0 Å². The van der Waals surface area contributed by atoms with Crippen molar-refractivity contribution in [2.24, 2.45) is 0 Å². The Labute approximate surface area is 112 Å². The van der Waals surface area contributed by atoms with E-state index in [-0.39, 0.29) is 0 Å². The number of nitrogens with one attached hydrogen (secondary N) is 1. The quantitative estimate of drug-likeness (QED) is 0.913. The van der Waals surface area contributed by atoms with Gasteiger partial charge in [-0.15, -0.1) is 0 Å². The van der Waals surface area contributed by atoms with Gasteiger partial charge in [0, 0.05) is 5.69 Å². The molecule has 0 fully saturated rings. The molecule has 0 saturated carbocycles. The lowest BCUT2D eigenvalue weighted by Crippen LogP contribution is -2.16. The molecule has 0 atom stereocenters. The summed E-state index contributed by atoms with van der Waals surface area (Å²) in [7, 11) is 1.58. The Morgan fingerprint density at radius 2 is 1.53 bits per heavy atom. The van der Waals surface area contributed by atoms with Gasteiger partial charge in [-0.2, -0.15) is 0 Å². The Morgan fingerprint density at radius 3 is 2.11 bits per heavy atom. The predicted molar refractivity (Wildman–Crippen MR) is 73.8 cm³/mol. The van der Waals surface area contributed by atoms with Crippen molar-refractivity contribution in [1.29, 1.82) is 0 Å². The summed E-state index contributed by atoms with van der Waals surface area (Å²) in [5.41, 5.74) is 1.83. The molecule has 0 aliphatic carbocycles. The van der Waals surface area contributed by atoms with Crippen LogP contribution in [0.15, 0.2) is 48.5 Å². The number of rotatable bonds is 3. The summed E-state index contributed by atoms with van der Waals surface area (Å²) >= 11 is 0. The van der Waals surface area contributed by atoms with Gasteiger partial charge in [-0.25, -0.2) is 4.79 Å². The van der Waals surface area contributed by atoms with Crippen LogP contribution in [0.25, 0.3) is 0 Å². The summed E-state index contributed by atoms with van der Waals surface area (Å²) in [6.07, 6.45) is -0.519. The van der Waals surface area contributed by atoms with Crippen LogP contribution in [0.4, 0.5) is 10.5 Å². The van der Waals surface area contributed by atoms with Crippen LogP contribution in [0.1, 0.15) is 5.56 Å². The summed E-state index contributed by atoms with van der Waals surface area (Å²) in [6, 6.07) is 14.3. The van der Waals surface area contributed by atoms with Gasteiger partial charge < -0.3 is 9.47 Å². The van der Waals surface area contributed by atoms with E-state index in [1.165, 1.54) is 0 Å². The lowest BCUT2D eigenvalue weighted by Gasteiger charge is -2.07. The topological polar surface area (TPSA) is 47.6 Å². The zero-order chi connectivity index (χ0) is 13.7. The van der Waals surface area contributed by atoms with Crippen molar-refractivity contribution >= 4 is 11.8 Å². The molecule has 0 aromatic heterocycles. The molecule has 4 nitrogen and oxygen atoms in total. The minimum atomic E-state index is -0.519. The molecule has 1 amide bonds. The lowest BCUT2D eigenvalue weighted by atomic mass is 10.2. The minimum Gasteiger partial charge on any atom is -0.497 e. The summed E-state index contributed by atoms with van der Waals surface area (Å²) < 4.78 is 10.2. The maximum Gasteiger partial charge on any atom is 0.417 e. The minimum absolute atomic E-state index is 0.463. The van der Waals surface area contributed by atoms with Gasteiger partial charge in [-0.1, -0.05) is 17.7 Å². The molecule has 4 heteroatoms. The fraction of sp³-hybridized carbons (Fsp3) is 0.133. The van der Waals surface area contributed by atoms with Crippen molar-refractivity contribution in [3.8, 4) is 11.5 Å². The molecular weight excluding hydrogens is 242 g/mol. The van der Waals surface area contributed by atoms with Gasteiger partial charge in [0.1, 0.15) is 11.5 Å². The Bertz CT molecular complexity index is 547. The largest absolute Gasteiger partial charge is 0.497 e. The molecule has 19 heavy (non-hydrogen) atoms. The van der Waals surface area contributed by atoms with Crippen LogP contribution in [0.3, 0.4) is 0 Å². The zero-order valence-electron chi connectivity index (χ0n) is 10.8. The first-order valence-corrected chi connectivity index (χ1v) is 5.87. The second kappa shape index (κ2) is 5.91. The van der Waals surface area contributed by atoms with Gasteiger partial charge in [0.05, 0.1) is 7.11 Å². The molecule has 2 aromatic rings. The molecule has 2 aromatic carbocycles. The van der Waals surface area contributed by atoms with E-state index in [4.69, 9.17) is 9.47 Å². The molecule has 2 rings (SSSR count). The van der Waals surface area contributed by atoms with Gasteiger partial charge in [0.25, 0.3) is 0 Å². The fourth-order valence-corrected chi connectivity index (χ4v) is 1.53. The fourth-order valence-electron chi connectivity index (χ4n) is 1.53. The first-order chi connectivity index (χ1) is 9.17. The number of aryl methyl sites for hydroxylation is 1. The highest BCUT2D eigenvalue weighted by atomic mass is 16.6. The van der Waals surface area contributed by atoms with Crippen molar-refractivity contribution < 1.29 is 14.3 Å². The average molecular weight is 257 g/mol. The second-order valence-corrected chi connectivity index (χ2v) is 4.06.